The van der Waals surface area contributed by atoms with Crippen LogP contribution in [0.25, 0.3) is 0 Å². The number of rotatable bonds is 7. The Morgan fingerprint density at radius 2 is 1.71 bits per heavy atom. The summed E-state index contributed by atoms with van der Waals surface area (Å²) in [4.78, 5) is 21.0. The van der Waals surface area contributed by atoms with E-state index in [0.717, 1.165) is 31.9 Å². The number of carbonyl (C=O) groups excluding carboxylic acids is 1. The molecule has 0 atom stereocenters. The number of likely N-dealkylation sites (tertiary alicyclic amines) is 2. The van der Waals surface area contributed by atoms with Gasteiger partial charge in [-0.05, 0) is 63.7 Å². The average Bonchev–Trinajstić information content (AvgIpc) is 2.80. The Kier molecular flexibility index (Phi) is 9.46. The molecule has 0 bridgehead atoms. The molecule has 2 heterocycles. The summed E-state index contributed by atoms with van der Waals surface area (Å²) in [6, 6.07) is 9.19. The molecule has 0 saturated carbocycles. The van der Waals surface area contributed by atoms with E-state index in [4.69, 9.17) is 9.73 Å². The van der Waals surface area contributed by atoms with Crippen LogP contribution in [-0.4, -0.2) is 67.2 Å². The summed E-state index contributed by atoms with van der Waals surface area (Å²) in [5.41, 5.74) is 2.60. The molecular formula is C24H39N5O2. The van der Waals surface area contributed by atoms with Crippen LogP contribution in [0.3, 0.4) is 0 Å². The third kappa shape index (κ3) is 7.73. The van der Waals surface area contributed by atoms with Gasteiger partial charge in [-0.15, -0.1) is 0 Å². The Balaban J connectivity index is 1.47. The number of amides is 1. The molecule has 1 amide bonds. The summed E-state index contributed by atoms with van der Waals surface area (Å²) in [5, 5.41) is 6.88. The summed E-state index contributed by atoms with van der Waals surface area (Å²) >= 11 is 0. The van der Waals surface area contributed by atoms with Crippen LogP contribution in [0.5, 0.6) is 0 Å². The zero-order valence-corrected chi connectivity index (χ0v) is 19.2. The molecule has 0 spiro atoms. The fourth-order valence-electron chi connectivity index (χ4n) is 4.23. The van der Waals surface area contributed by atoms with Crippen molar-refractivity contribution in [1.82, 2.24) is 20.4 Å². The summed E-state index contributed by atoms with van der Waals surface area (Å²) in [5.74, 6) is 0.842. The van der Waals surface area contributed by atoms with Crippen LogP contribution in [-0.2, 0) is 17.8 Å². The molecule has 7 nitrogen and oxygen atoms in total. The Morgan fingerprint density at radius 1 is 1.03 bits per heavy atom. The first-order valence-corrected chi connectivity index (χ1v) is 11.9. The number of carbonyl (C=O) groups is 1. The van der Waals surface area contributed by atoms with Gasteiger partial charge in [0.15, 0.2) is 5.96 Å². The smallest absolute Gasteiger partial charge is 0.409 e. The second-order valence-corrected chi connectivity index (χ2v) is 8.45. The van der Waals surface area contributed by atoms with E-state index in [0.29, 0.717) is 32.3 Å². The Bertz CT molecular complexity index is 692. The Morgan fingerprint density at radius 3 is 2.35 bits per heavy atom. The van der Waals surface area contributed by atoms with Crippen molar-refractivity contribution >= 4 is 12.1 Å². The summed E-state index contributed by atoms with van der Waals surface area (Å²) in [6.07, 6.45) is 5.62. The lowest BCUT2D eigenvalue weighted by Gasteiger charge is -2.32. The van der Waals surface area contributed by atoms with Crippen molar-refractivity contribution in [1.29, 1.82) is 0 Å². The third-order valence-electron chi connectivity index (χ3n) is 6.00. The van der Waals surface area contributed by atoms with Gasteiger partial charge >= 0.3 is 6.09 Å². The van der Waals surface area contributed by atoms with Crippen LogP contribution in [0.2, 0.25) is 0 Å². The zero-order valence-electron chi connectivity index (χ0n) is 19.2. The van der Waals surface area contributed by atoms with Crippen molar-refractivity contribution in [2.24, 2.45) is 4.99 Å². The molecule has 3 rings (SSSR count). The van der Waals surface area contributed by atoms with Crippen LogP contribution in [0, 0.1) is 0 Å². The number of aliphatic imine (C=N–C) groups is 1. The molecule has 1 aromatic carbocycles. The van der Waals surface area contributed by atoms with Crippen LogP contribution < -0.4 is 10.6 Å². The van der Waals surface area contributed by atoms with E-state index in [-0.39, 0.29) is 6.09 Å². The number of piperidine rings is 2. The predicted molar refractivity (Wildman–Crippen MR) is 125 cm³/mol. The maximum absolute atomic E-state index is 11.9. The van der Waals surface area contributed by atoms with Crippen LogP contribution in [0.1, 0.15) is 57.1 Å². The summed E-state index contributed by atoms with van der Waals surface area (Å²) < 4.78 is 5.10. The average molecular weight is 430 g/mol. The third-order valence-corrected chi connectivity index (χ3v) is 6.00. The fourth-order valence-corrected chi connectivity index (χ4v) is 4.23. The van der Waals surface area contributed by atoms with E-state index < -0.39 is 0 Å². The van der Waals surface area contributed by atoms with Gasteiger partial charge in [0.1, 0.15) is 0 Å². The minimum Gasteiger partial charge on any atom is -0.450 e. The first kappa shape index (κ1) is 23.4. The van der Waals surface area contributed by atoms with Gasteiger partial charge in [0, 0.05) is 32.2 Å². The topological polar surface area (TPSA) is 69.2 Å². The molecule has 1 aromatic rings. The Labute approximate surface area is 187 Å². The molecule has 31 heavy (non-hydrogen) atoms. The van der Waals surface area contributed by atoms with Crippen LogP contribution in [0.15, 0.2) is 29.3 Å². The largest absolute Gasteiger partial charge is 0.450 e. The first-order valence-electron chi connectivity index (χ1n) is 11.9. The van der Waals surface area contributed by atoms with Crippen LogP contribution >= 0.6 is 0 Å². The van der Waals surface area contributed by atoms with Crippen molar-refractivity contribution in [2.45, 2.75) is 65.1 Å². The highest BCUT2D eigenvalue weighted by Gasteiger charge is 2.24. The number of hydrogen-bond acceptors (Lipinski definition) is 4. The molecule has 2 fully saturated rings. The maximum atomic E-state index is 11.9. The summed E-state index contributed by atoms with van der Waals surface area (Å²) in [7, 11) is 0. The highest BCUT2D eigenvalue weighted by Crippen LogP contribution is 2.14. The van der Waals surface area contributed by atoms with E-state index >= 15 is 0 Å². The minimum absolute atomic E-state index is 0.203. The molecule has 0 aromatic heterocycles. The van der Waals surface area contributed by atoms with Crippen molar-refractivity contribution < 1.29 is 9.53 Å². The van der Waals surface area contributed by atoms with Gasteiger partial charge in [-0.2, -0.15) is 0 Å². The molecular weight excluding hydrogens is 390 g/mol. The molecule has 0 unspecified atom stereocenters. The van der Waals surface area contributed by atoms with E-state index in [2.05, 4.69) is 46.7 Å². The van der Waals surface area contributed by atoms with Crippen LogP contribution in [0.4, 0.5) is 4.79 Å². The molecule has 172 valence electrons. The number of nitrogens with one attached hydrogen (secondary N) is 2. The lowest BCUT2D eigenvalue weighted by molar-refractivity contribution is 0.0963. The zero-order chi connectivity index (χ0) is 21.9. The molecule has 2 saturated heterocycles. The highest BCUT2D eigenvalue weighted by atomic mass is 16.6. The van der Waals surface area contributed by atoms with Crippen molar-refractivity contribution in [2.75, 3.05) is 39.3 Å². The molecule has 0 aliphatic carbocycles. The van der Waals surface area contributed by atoms with Gasteiger partial charge in [-0.1, -0.05) is 30.7 Å². The van der Waals surface area contributed by atoms with E-state index in [9.17, 15) is 4.79 Å². The molecule has 2 aliphatic heterocycles. The van der Waals surface area contributed by atoms with Gasteiger partial charge in [0.05, 0.1) is 13.2 Å². The molecule has 2 aliphatic rings. The number of benzene rings is 1. The highest BCUT2D eigenvalue weighted by molar-refractivity contribution is 5.80. The fraction of sp³-hybridized carbons (Fsp3) is 0.667. The van der Waals surface area contributed by atoms with Gasteiger partial charge in [0.2, 0.25) is 0 Å². The van der Waals surface area contributed by atoms with Gasteiger partial charge < -0.3 is 20.3 Å². The minimum atomic E-state index is -0.203. The summed E-state index contributed by atoms with van der Waals surface area (Å²) in [6.45, 7) is 10.8. The van der Waals surface area contributed by atoms with Crippen molar-refractivity contribution in [3.63, 3.8) is 0 Å². The van der Waals surface area contributed by atoms with E-state index in [1.165, 1.54) is 43.5 Å². The number of ether oxygens (including phenoxy) is 1. The predicted octanol–water partition coefficient (Wildman–Crippen LogP) is 3.35. The van der Waals surface area contributed by atoms with Gasteiger partial charge in [-0.25, -0.2) is 9.79 Å². The van der Waals surface area contributed by atoms with Gasteiger partial charge in [0.25, 0.3) is 0 Å². The maximum Gasteiger partial charge on any atom is 0.409 e. The molecule has 2 N–H and O–H groups in total. The second-order valence-electron chi connectivity index (χ2n) is 8.45. The SMILES string of the molecule is CCNC(=NCc1ccc(CN2CCCCC2)cc1)NC1CCN(C(=O)OCC)CC1. The number of nitrogens with zero attached hydrogens (tertiary/aromatic N) is 3. The van der Waals surface area contributed by atoms with Gasteiger partial charge in [-0.3, -0.25) is 4.90 Å². The number of guanidine groups is 1. The molecule has 0 radical (unpaired) electrons. The van der Waals surface area contributed by atoms with Crippen molar-refractivity contribution in [3.8, 4) is 0 Å². The monoisotopic (exact) mass is 429 g/mol. The van der Waals surface area contributed by atoms with Crippen molar-refractivity contribution in [3.05, 3.63) is 35.4 Å². The normalized spacial score (nSPS) is 18.6. The second kappa shape index (κ2) is 12.5. The standard InChI is InChI=1S/C24H39N5O2/c1-3-25-23(27-22-12-16-29(17-13-22)24(30)31-4-2)26-18-20-8-10-21(11-9-20)19-28-14-6-5-7-15-28/h8-11,22H,3-7,12-19H2,1-2H3,(H2,25,26,27). The quantitative estimate of drug-likeness (QED) is 0.514. The number of hydrogen-bond donors (Lipinski definition) is 2. The van der Waals surface area contributed by atoms with E-state index in [1.807, 2.05) is 6.92 Å². The first-order chi connectivity index (χ1) is 15.2. The molecule has 7 heteroatoms. The van der Waals surface area contributed by atoms with E-state index in [1.54, 1.807) is 4.90 Å². The lowest BCUT2D eigenvalue weighted by atomic mass is 10.1. The Hall–Kier alpha value is -2.28. The lowest BCUT2D eigenvalue weighted by Crippen LogP contribution is -2.49.